The maximum atomic E-state index is 12.2. The molecule has 0 spiro atoms. The number of hydrogen-bond donors (Lipinski definition) is 2. The number of nitrogens with one attached hydrogen (secondary N) is 2. The van der Waals surface area contributed by atoms with Gasteiger partial charge in [0.05, 0.1) is 31.9 Å². The molecule has 0 radical (unpaired) electrons. The largest absolute Gasteiger partial charge is 0.495 e. The van der Waals surface area contributed by atoms with E-state index in [4.69, 9.17) is 14.2 Å². The zero-order valence-corrected chi connectivity index (χ0v) is 17.2. The number of anilines is 1. The van der Waals surface area contributed by atoms with Crippen molar-refractivity contribution in [2.75, 3.05) is 31.9 Å². The molecule has 1 aliphatic rings. The lowest BCUT2D eigenvalue weighted by Gasteiger charge is -2.12. The van der Waals surface area contributed by atoms with Gasteiger partial charge in [-0.3, -0.25) is 9.59 Å². The van der Waals surface area contributed by atoms with Crippen LogP contribution in [0.2, 0.25) is 0 Å². The molecule has 2 N–H and O–H groups in total. The van der Waals surface area contributed by atoms with Gasteiger partial charge >= 0.3 is 0 Å². The molecule has 9 nitrogen and oxygen atoms in total. The Kier molecular flexibility index (Phi) is 7.28. The second-order valence-corrected chi connectivity index (χ2v) is 6.90. The topological polar surface area (TPSA) is 111 Å². The minimum atomic E-state index is -0.334. The molecule has 0 aliphatic carbocycles. The SMILES string of the molecule is COc1ccccc1NC(=O)COc1ccc(C=NN=C2NC(=O)CS2)cc1OC. The fourth-order valence-electron chi connectivity index (χ4n) is 2.49. The van der Waals surface area contributed by atoms with Crippen molar-refractivity contribution in [2.24, 2.45) is 10.2 Å². The summed E-state index contributed by atoms with van der Waals surface area (Å²) < 4.78 is 16.1. The van der Waals surface area contributed by atoms with Crippen molar-refractivity contribution in [3.63, 3.8) is 0 Å². The first kappa shape index (κ1) is 21.2. The van der Waals surface area contributed by atoms with Crippen molar-refractivity contribution in [1.82, 2.24) is 5.32 Å². The van der Waals surface area contributed by atoms with Crippen molar-refractivity contribution < 1.29 is 23.8 Å². The number of methoxy groups -OCH3 is 2. The maximum Gasteiger partial charge on any atom is 0.262 e. The van der Waals surface area contributed by atoms with Gasteiger partial charge in [0.25, 0.3) is 5.91 Å². The summed E-state index contributed by atoms with van der Waals surface area (Å²) in [6.07, 6.45) is 1.53. The number of para-hydroxylation sites is 2. The average molecular weight is 428 g/mol. The highest BCUT2D eigenvalue weighted by molar-refractivity contribution is 8.15. The van der Waals surface area contributed by atoms with E-state index in [1.807, 2.05) is 6.07 Å². The summed E-state index contributed by atoms with van der Waals surface area (Å²) in [5.41, 5.74) is 1.28. The molecule has 2 aromatic carbocycles. The summed E-state index contributed by atoms with van der Waals surface area (Å²) in [5.74, 6) is 1.34. The summed E-state index contributed by atoms with van der Waals surface area (Å²) in [6.45, 7) is -0.202. The van der Waals surface area contributed by atoms with Crippen LogP contribution < -0.4 is 24.8 Å². The van der Waals surface area contributed by atoms with Gasteiger partial charge in [-0.05, 0) is 35.9 Å². The van der Waals surface area contributed by atoms with Crippen LogP contribution in [-0.4, -0.2) is 49.8 Å². The second kappa shape index (κ2) is 10.3. The zero-order chi connectivity index (χ0) is 21.3. The summed E-state index contributed by atoms with van der Waals surface area (Å²) in [6, 6.07) is 12.2. The van der Waals surface area contributed by atoms with E-state index < -0.39 is 0 Å². The Morgan fingerprint density at radius 2 is 1.97 bits per heavy atom. The van der Waals surface area contributed by atoms with Gasteiger partial charge < -0.3 is 24.8 Å². The molecule has 10 heteroatoms. The van der Waals surface area contributed by atoms with Crippen LogP contribution in [-0.2, 0) is 9.59 Å². The van der Waals surface area contributed by atoms with Crippen LogP contribution in [0.5, 0.6) is 17.2 Å². The summed E-state index contributed by atoms with van der Waals surface area (Å²) in [5, 5.41) is 13.7. The number of carbonyl (C=O) groups is 2. The molecule has 3 rings (SSSR count). The predicted octanol–water partition coefficient (Wildman–Crippen LogP) is 2.27. The molecular formula is C20H20N4O5S. The molecule has 0 unspecified atom stereocenters. The molecule has 1 fully saturated rings. The molecule has 1 heterocycles. The summed E-state index contributed by atoms with van der Waals surface area (Å²) in [4.78, 5) is 23.3. The highest BCUT2D eigenvalue weighted by atomic mass is 32.2. The molecule has 156 valence electrons. The summed E-state index contributed by atoms with van der Waals surface area (Å²) >= 11 is 1.29. The molecular weight excluding hydrogens is 408 g/mol. The van der Waals surface area contributed by atoms with Crippen molar-refractivity contribution in [1.29, 1.82) is 0 Å². The van der Waals surface area contributed by atoms with E-state index in [2.05, 4.69) is 20.8 Å². The first-order valence-corrected chi connectivity index (χ1v) is 9.85. The van der Waals surface area contributed by atoms with Crippen molar-refractivity contribution in [3.8, 4) is 17.2 Å². The fraction of sp³-hybridized carbons (Fsp3) is 0.200. The Bertz CT molecular complexity index is 993. The molecule has 30 heavy (non-hydrogen) atoms. The van der Waals surface area contributed by atoms with Gasteiger partial charge in [0.2, 0.25) is 5.91 Å². The van der Waals surface area contributed by atoms with E-state index in [1.165, 1.54) is 32.2 Å². The van der Waals surface area contributed by atoms with Crippen LogP contribution in [0.15, 0.2) is 52.7 Å². The molecule has 0 aromatic heterocycles. The van der Waals surface area contributed by atoms with Crippen LogP contribution in [0.25, 0.3) is 0 Å². The molecule has 2 aromatic rings. The van der Waals surface area contributed by atoms with E-state index in [1.54, 1.807) is 36.4 Å². The Labute approximate surface area is 177 Å². The van der Waals surface area contributed by atoms with Crippen LogP contribution in [0, 0.1) is 0 Å². The van der Waals surface area contributed by atoms with Gasteiger partial charge in [-0.1, -0.05) is 23.9 Å². The van der Waals surface area contributed by atoms with Crippen molar-refractivity contribution >= 4 is 40.6 Å². The zero-order valence-electron chi connectivity index (χ0n) is 16.4. The Hall–Kier alpha value is -3.53. The number of ether oxygens (including phenoxy) is 3. The third kappa shape index (κ3) is 5.74. The second-order valence-electron chi connectivity index (χ2n) is 5.93. The van der Waals surface area contributed by atoms with E-state index >= 15 is 0 Å². The highest BCUT2D eigenvalue weighted by Crippen LogP contribution is 2.28. The Morgan fingerprint density at radius 3 is 2.70 bits per heavy atom. The summed E-state index contributed by atoms with van der Waals surface area (Å²) in [7, 11) is 3.04. The number of carbonyl (C=O) groups excluding carboxylic acids is 2. The van der Waals surface area contributed by atoms with Crippen LogP contribution >= 0.6 is 11.8 Å². The maximum absolute atomic E-state index is 12.2. The van der Waals surface area contributed by atoms with Crippen LogP contribution in [0.3, 0.4) is 0 Å². The van der Waals surface area contributed by atoms with E-state index in [0.717, 1.165) is 5.56 Å². The van der Waals surface area contributed by atoms with Gasteiger partial charge in [0.1, 0.15) is 5.75 Å². The molecule has 1 aliphatic heterocycles. The third-order valence-corrected chi connectivity index (χ3v) is 4.73. The minimum absolute atomic E-state index is 0.0909. The molecule has 0 saturated carbocycles. The highest BCUT2D eigenvalue weighted by Gasteiger charge is 2.16. The van der Waals surface area contributed by atoms with Gasteiger partial charge in [-0.15, -0.1) is 5.10 Å². The van der Waals surface area contributed by atoms with E-state index in [0.29, 0.717) is 33.9 Å². The minimum Gasteiger partial charge on any atom is -0.495 e. The lowest BCUT2D eigenvalue weighted by Crippen LogP contribution is -2.20. The third-order valence-electron chi connectivity index (χ3n) is 3.87. The number of amidine groups is 1. The van der Waals surface area contributed by atoms with Gasteiger partial charge in [-0.2, -0.15) is 5.10 Å². The normalized spacial score (nSPS) is 14.6. The average Bonchev–Trinajstić information content (AvgIpc) is 3.18. The first-order valence-electron chi connectivity index (χ1n) is 8.86. The monoisotopic (exact) mass is 428 g/mol. The van der Waals surface area contributed by atoms with E-state index in [9.17, 15) is 9.59 Å². The number of amides is 2. The number of benzene rings is 2. The van der Waals surface area contributed by atoms with E-state index in [-0.39, 0.29) is 18.4 Å². The number of hydrogen-bond acceptors (Lipinski definition) is 8. The number of nitrogens with zero attached hydrogens (tertiary/aromatic N) is 2. The lowest BCUT2D eigenvalue weighted by molar-refractivity contribution is -0.118. The van der Waals surface area contributed by atoms with Gasteiger partial charge in [0.15, 0.2) is 23.3 Å². The predicted molar refractivity (Wildman–Crippen MR) is 116 cm³/mol. The Morgan fingerprint density at radius 1 is 1.17 bits per heavy atom. The van der Waals surface area contributed by atoms with Crippen molar-refractivity contribution in [3.05, 3.63) is 48.0 Å². The molecule has 0 bridgehead atoms. The molecule has 1 saturated heterocycles. The number of rotatable bonds is 8. The molecule has 2 amide bonds. The van der Waals surface area contributed by atoms with Crippen LogP contribution in [0.4, 0.5) is 5.69 Å². The van der Waals surface area contributed by atoms with Gasteiger partial charge in [0, 0.05) is 0 Å². The van der Waals surface area contributed by atoms with Crippen molar-refractivity contribution in [2.45, 2.75) is 0 Å². The smallest absolute Gasteiger partial charge is 0.262 e. The first-order chi connectivity index (χ1) is 14.6. The lowest BCUT2D eigenvalue weighted by atomic mass is 10.2. The molecule has 0 atom stereocenters. The number of thioether (sulfide) groups is 1. The fourth-order valence-corrected chi connectivity index (χ4v) is 3.12. The van der Waals surface area contributed by atoms with Gasteiger partial charge in [-0.25, -0.2) is 0 Å². The quantitative estimate of drug-likeness (QED) is 0.493. The Balaban J connectivity index is 1.59. The standard InChI is InChI=1S/C20H20N4O5S/c1-27-15-6-4-3-5-14(15)22-18(25)11-29-16-8-7-13(9-17(16)28-2)10-21-24-20-23-19(26)12-30-20/h3-10H,11-12H2,1-2H3,(H,22,25)(H,23,24,26). The van der Waals surface area contributed by atoms with Crippen LogP contribution in [0.1, 0.15) is 5.56 Å².